The first-order valence-electron chi connectivity index (χ1n) is 8.52. The summed E-state index contributed by atoms with van der Waals surface area (Å²) in [4.78, 5) is 16.9. The second-order valence-corrected chi connectivity index (χ2v) is 6.31. The lowest BCUT2D eigenvalue weighted by Crippen LogP contribution is -2.37. The average molecular weight is 281 g/mol. The Bertz CT molecular complexity index is 287. The summed E-state index contributed by atoms with van der Waals surface area (Å²) >= 11 is 0. The maximum Gasteiger partial charge on any atom is 0.220 e. The summed E-state index contributed by atoms with van der Waals surface area (Å²) in [7, 11) is 0. The van der Waals surface area contributed by atoms with Crippen LogP contribution in [0, 0.1) is 0 Å². The lowest BCUT2D eigenvalue weighted by Gasteiger charge is -2.19. The number of hydrogen-bond acceptors (Lipinski definition) is 3. The van der Waals surface area contributed by atoms with Gasteiger partial charge in [0.2, 0.25) is 5.91 Å². The van der Waals surface area contributed by atoms with E-state index < -0.39 is 0 Å². The number of hydrogen-bond donors (Lipinski definition) is 1. The zero-order valence-electron chi connectivity index (χ0n) is 13.1. The third-order valence-electron chi connectivity index (χ3n) is 4.66. The Kier molecular flexibility index (Phi) is 6.80. The number of nitrogens with zero attached hydrogens (tertiary/aromatic N) is 2. The lowest BCUT2D eigenvalue weighted by atomic mass is 10.2. The van der Waals surface area contributed by atoms with Crippen LogP contribution in [0.15, 0.2) is 0 Å². The van der Waals surface area contributed by atoms with Crippen molar-refractivity contribution < 1.29 is 4.79 Å². The van der Waals surface area contributed by atoms with E-state index >= 15 is 0 Å². The highest BCUT2D eigenvalue weighted by Crippen LogP contribution is 2.11. The van der Waals surface area contributed by atoms with Crippen molar-refractivity contribution in [2.75, 3.05) is 39.3 Å². The van der Waals surface area contributed by atoms with Crippen molar-refractivity contribution in [3.8, 4) is 0 Å². The van der Waals surface area contributed by atoms with E-state index in [4.69, 9.17) is 0 Å². The van der Waals surface area contributed by atoms with E-state index in [1.54, 1.807) is 0 Å². The predicted octanol–water partition coefficient (Wildman–Crippen LogP) is 1.85. The molecule has 20 heavy (non-hydrogen) atoms. The minimum atomic E-state index is 0.253. The number of likely N-dealkylation sites (tertiary alicyclic amines) is 2. The lowest BCUT2D eigenvalue weighted by molar-refractivity contribution is -0.121. The van der Waals surface area contributed by atoms with Crippen molar-refractivity contribution in [3.05, 3.63) is 0 Å². The summed E-state index contributed by atoms with van der Waals surface area (Å²) in [5.74, 6) is 0.253. The summed E-state index contributed by atoms with van der Waals surface area (Å²) in [6.45, 7) is 9.01. The standard InChI is InChI=1S/C16H31N3O/c1-2-18-13-9-15(14-18)17-16(20)8-7-12-19-10-5-3-4-6-11-19/h15H,2-14H2,1H3,(H,17,20)/t15-/m1/s1. The van der Waals surface area contributed by atoms with Crippen molar-refractivity contribution in [2.45, 2.75) is 57.9 Å². The molecule has 2 aliphatic rings. The highest BCUT2D eigenvalue weighted by Gasteiger charge is 2.22. The van der Waals surface area contributed by atoms with Crippen LogP contribution in [0.4, 0.5) is 0 Å². The molecule has 1 atom stereocenters. The molecule has 0 bridgehead atoms. The second-order valence-electron chi connectivity index (χ2n) is 6.31. The number of nitrogens with one attached hydrogen (secondary N) is 1. The molecule has 0 aromatic carbocycles. The molecule has 0 aliphatic carbocycles. The summed E-state index contributed by atoms with van der Waals surface area (Å²) in [5, 5.41) is 3.19. The van der Waals surface area contributed by atoms with Gasteiger partial charge >= 0.3 is 0 Å². The molecule has 1 amide bonds. The number of carbonyl (C=O) groups excluding carboxylic acids is 1. The van der Waals surface area contributed by atoms with Gasteiger partial charge in [-0.2, -0.15) is 0 Å². The normalized spacial score (nSPS) is 25.6. The van der Waals surface area contributed by atoms with Crippen molar-refractivity contribution >= 4 is 5.91 Å². The minimum absolute atomic E-state index is 0.253. The van der Waals surface area contributed by atoms with Crippen LogP contribution in [0.5, 0.6) is 0 Å². The molecule has 2 heterocycles. The third kappa shape index (κ3) is 5.41. The Labute approximate surface area is 123 Å². The first-order valence-corrected chi connectivity index (χ1v) is 8.52. The molecule has 2 rings (SSSR count). The van der Waals surface area contributed by atoms with Crippen LogP contribution in [0.3, 0.4) is 0 Å². The molecular formula is C16H31N3O. The van der Waals surface area contributed by atoms with Gasteiger partial charge in [0.15, 0.2) is 0 Å². The molecule has 0 saturated carbocycles. The number of likely N-dealkylation sites (N-methyl/N-ethyl adjacent to an activating group) is 1. The van der Waals surface area contributed by atoms with E-state index in [9.17, 15) is 4.79 Å². The Balaban J connectivity index is 1.56. The van der Waals surface area contributed by atoms with Gasteiger partial charge in [-0.1, -0.05) is 19.8 Å². The molecule has 116 valence electrons. The van der Waals surface area contributed by atoms with Crippen LogP contribution < -0.4 is 5.32 Å². The quantitative estimate of drug-likeness (QED) is 0.807. The molecule has 4 heteroatoms. The van der Waals surface area contributed by atoms with Crippen LogP contribution >= 0.6 is 0 Å². The van der Waals surface area contributed by atoms with Crippen LogP contribution in [0.2, 0.25) is 0 Å². The van der Waals surface area contributed by atoms with Crippen LogP contribution in [0.1, 0.15) is 51.9 Å². The summed E-state index contributed by atoms with van der Waals surface area (Å²) in [5.41, 5.74) is 0. The first kappa shape index (κ1) is 15.8. The smallest absolute Gasteiger partial charge is 0.220 e. The largest absolute Gasteiger partial charge is 0.352 e. The van der Waals surface area contributed by atoms with E-state index in [0.29, 0.717) is 12.5 Å². The number of amides is 1. The fourth-order valence-corrected chi connectivity index (χ4v) is 3.36. The molecule has 0 aromatic rings. The second kappa shape index (κ2) is 8.63. The fraction of sp³-hybridized carbons (Fsp3) is 0.938. The SMILES string of the molecule is CCN1CC[C@@H](NC(=O)CCCN2CCCCCC2)C1. The van der Waals surface area contributed by atoms with Crippen molar-refractivity contribution in [2.24, 2.45) is 0 Å². The molecule has 0 aromatic heterocycles. The van der Waals surface area contributed by atoms with Gasteiger partial charge in [-0.15, -0.1) is 0 Å². The van der Waals surface area contributed by atoms with Crippen LogP contribution in [-0.4, -0.2) is 61.0 Å². The molecule has 0 unspecified atom stereocenters. The van der Waals surface area contributed by atoms with Gasteiger partial charge in [0, 0.05) is 25.6 Å². The van der Waals surface area contributed by atoms with E-state index in [0.717, 1.165) is 39.0 Å². The maximum absolute atomic E-state index is 12.0. The van der Waals surface area contributed by atoms with Gasteiger partial charge in [0.25, 0.3) is 0 Å². The fourth-order valence-electron chi connectivity index (χ4n) is 3.36. The average Bonchev–Trinajstić information content (AvgIpc) is 2.73. The number of carbonyl (C=O) groups is 1. The van der Waals surface area contributed by atoms with Crippen LogP contribution in [0.25, 0.3) is 0 Å². The van der Waals surface area contributed by atoms with Gasteiger partial charge < -0.3 is 15.1 Å². The minimum Gasteiger partial charge on any atom is -0.352 e. The molecule has 2 fully saturated rings. The van der Waals surface area contributed by atoms with Crippen molar-refractivity contribution in [1.29, 1.82) is 0 Å². The van der Waals surface area contributed by atoms with Crippen molar-refractivity contribution in [1.82, 2.24) is 15.1 Å². The van der Waals surface area contributed by atoms with Gasteiger partial charge in [-0.3, -0.25) is 4.79 Å². The Morgan fingerprint density at radius 3 is 2.50 bits per heavy atom. The van der Waals surface area contributed by atoms with E-state index in [-0.39, 0.29) is 5.91 Å². The number of rotatable bonds is 6. The van der Waals surface area contributed by atoms with Crippen LogP contribution in [-0.2, 0) is 4.79 Å². The Morgan fingerprint density at radius 1 is 1.10 bits per heavy atom. The summed E-state index contributed by atoms with van der Waals surface area (Å²) in [6, 6.07) is 0.389. The molecule has 4 nitrogen and oxygen atoms in total. The van der Waals surface area contributed by atoms with Crippen molar-refractivity contribution in [3.63, 3.8) is 0 Å². The first-order chi connectivity index (χ1) is 9.78. The van der Waals surface area contributed by atoms with Gasteiger partial charge in [-0.05, 0) is 51.9 Å². The monoisotopic (exact) mass is 281 g/mol. The third-order valence-corrected chi connectivity index (χ3v) is 4.66. The molecule has 2 saturated heterocycles. The van der Waals surface area contributed by atoms with Gasteiger partial charge in [-0.25, -0.2) is 0 Å². The maximum atomic E-state index is 12.0. The Morgan fingerprint density at radius 2 is 1.85 bits per heavy atom. The summed E-state index contributed by atoms with van der Waals surface area (Å²) in [6.07, 6.45) is 8.25. The Hall–Kier alpha value is -0.610. The molecular weight excluding hydrogens is 250 g/mol. The molecule has 0 spiro atoms. The highest BCUT2D eigenvalue weighted by atomic mass is 16.1. The van der Waals surface area contributed by atoms with E-state index in [1.165, 1.54) is 38.8 Å². The zero-order valence-corrected chi connectivity index (χ0v) is 13.1. The predicted molar refractivity (Wildman–Crippen MR) is 82.8 cm³/mol. The molecule has 2 aliphatic heterocycles. The van der Waals surface area contributed by atoms with Gasteiger partial charge in [0.05, 0.1) is 0 Å². The highest BCUT2D eigenvalue weighted by molar-refractivity contribution is 5.76. The zero-order chi connectivity index (χ0) is 14.2. The summed E-state index contributed by atoms with van der Waals surface area (Å²) < 4.78 is 0. The topological polar surface area (TPSA) is 35.6 Å². The van der Waals surface area contributed by atoms with E-state index in [1.807, 2.05) is 0 Å². The molecule has 0 radical (unpaired) electrons. The molecule has 1 N–H and O–H groups in total. The van der Waals surface area contributed by atoms with Gasteiger partial charge in [0.1, 0.15) is 0 Å². The van der Waals surface area contributed by atoms with E-state index in [2.05, 4.69) is 22.0 Å².